The number of nitrogens with zero attached hydrogens (tertiary/aromatic N) is 2. The highest BCUT2D eigenvalue weighted by atomic mass is 16.5. The predicted octanol–water partition coefficient (Wildman–Crippen LogP) is 0.309. The number of aliphatic carboxylic acids is 1. The molecule has 20 heavy (non-hydrogen) atoms. The van der Waals surface area contributed by atoms with E-state index in [1.165, 1.54) is 25.2 Å². The molecule has 1 aromatic heterocycles. The molecule has 2 heterocycles. The lowest BCUT2D eigenvalue weighted by Gasteiger charge is -2.11. The number of carboxylic acid groups (broad SMARTS) is 1. The Morgan fingerprint density at radius 2 is 2.40 bits per heavy atom. The van der Waals surface area contributed by atoms with Crippen LogP contribution in [0.4, 0.5) is 5.82 Å². The van der Waals surface area contributed by atoms with Gasteiger partial charge in [-0.05, 0) is 24.7 Å². The summed E-state index contributed by atoms with van der Waals surface area (Å²) < 4.78 is 6.81. The second-order valence-electron chi connectivity index (χ2n) is 5.62. The van der Waals surface area contributed by atoms with Crippen molar-refractivity contribution in [2.75, 3.05) is 18.5 Å². The van der Waals surface area contributed by atoms with Gasteiger partial charge < -0.3 is 15.2 Å². The van der Waals surface area contributed by atoms with Crippen LogP contribution in [-0.4, -0.2) is 39.9 Å². The molecule has 0 bridgehead atoms. The molecule has 1 atom stereocenters. The third kappa shape index (κ3) is 2.67. The summed E-state index contributed by atoms with van der Waals surface area (Å²) in [7, 11) is 0. The summed E-state index contributed by atoms with van der Waals surface area (Å²) in [6, 6.07) is 0. The topological polar surface area (TPSA) is 93.4 Å². The Labute approximate surface area is 115 Å². The molecule has 3 rings (SSSR count). The van der Waals surface area contributed by atoms with Crippen molar-refractivity contribution in [3.63, 3.8) is 0 Å². The first-order valence-corrected chi connectivity index (χ1v) is 6.71. The average Bonchev–Trinajstić information content (AvgIpc) is 3.02. The van der Waals surface area contributed by atoms with E-state index >= 15 is 0 Å². The van der Waals surface area contributed by atoms with Crippen molar-refractivity contribution in [3.05, 3.63) is 22.7 Å². The zero-order valence-electron chi connectivity index (χ0n) is 11.0. The fraction of sp³-hybridized carbons (Fsp3) is 0.615. The molecule has 7 nitrogen and oxygen atoms in total. The van der Waals surface area contributed by atoms with Crippen molar-refractivity contribution in [3.8, 4) is 0 Å². The second-order valence-corrected chi connectivity index (χ2v) is 5.62. The van der Waals surface area contributed by atoms with Crippen LogP contribution in [0.15, 0.2) is 17.2 Å². The van der Waals surface area contributed by atoms with Crippen LogP contribution in [0, 0.1) is 5.41 Å². The van der Waals surface area contributed by atoms with E-state index in [0.717, 1.165) is 17.6 Å². The van der Waals surface area contributed by atoms with Crippen LogP contribution in [0.1, 0.15) is 19.3 Å². The van der Waals surface area contributed by atoms with E-state index in [1.807, 2.05) is 0 Å². The van der Waals surface area contributed by atoms with Crippen LogP contribution in [0.5, 0.6) is 0 Å². The van der Waals surface area contributed by atoms with Gasteiger partial charge in [0.1, 0.15) is 6.54 Å². The van der Waals surface area contributed by atoms with Crippen molar-refractivity contribution in [1.82, 2.24) is 9.55 Å². The van der Waals surface area contributed by atoms with Crippen molar-refractivity contribution in [2.45, 2.75) is 31.9 Å². The normalized spacial score (nSPS) is 22.9. The van der Waals surface area contributed by atoms with E-state index in [9.17, 15) is 9.59 Å². The Bertz CT molecular complexity index is 579. The van der Waals surface area contributed by atoms with Gasteiger partial charge in [-0.1, -0.05) is 0 Å². The molecule has 2 fully saturated rings. The van der Waals surface area contributed by atoms with Crippen LogP contribution in [-0.2, 0) is 16.1 Å². The lowest BCUT2D eigenvalue weighted by molar-refractivity contribution is -0.137. The number of hydrogen-bond donors (Lipinski definition) is 2. The molecule has 1 saturated heterocycles. The Balaban J connectivity index is 1.62. The van der Waals surface area contributed by atoms with Gasteiger partial charge >= 0.3 is 5.97 Å². The Morgan fingerprint density at radius 3 is 3.05 bits per heavy atom. The molecule has 2 N–H and O–H groups in total. The fourth-order valence-corrected chi connectivity index (χ4v) is 2.60. The zero-order chi connectivity index (χ0) is 14.2. The molecule has 1 aliphatic heterocycles. The van der Waals surface area contributed by atoms with Crippen LogP contribution in [0.2, 0.25) is 0 Å². The Kier molecular flexibility index (Phi) is 3.21. The highest BCUT2D eigenvalue weighted by Gasteiger charge is 2.49. The van der Waals surface area contributed by atoms with Crippen LogP contribution in [0.3, 0.4) is 0 Å². The van der Waals surface area contributed by atoms with Gasteiger partial charge in [0.05, 0.1) is 12.7 Å². The Morgan fingerprint density at radius 1 is 1.60 bits per heavy atom. The zero-order valence-corrected chi connectivity index (χ0v) is 11.0. The van der Waals surface area contributed by atoms with E-state index in [1.54, 1.807) is 0 Å². The predicted molar refractivity (Wildman–Crippen MR) is 70.6 cm³/mol. The minimum atomic E-state index is -1.06. The molecular formula is C13H17N3O4. The second kappa shape index (κ2) is 4.90. The van der Waals surface area contributed by atoms with Gasteiger partial charge in [0.2, 0.25) is 0 Å². The fourth-order valence-electron chi connectivity index (χ4n) is 2.60. The number of aromatic nitrogens is 2. The van der Waals surface area contributed by atoms with E-state index in [0.29, 0.717) is 12.0 Å². The SMILES string of the molecule is O=C(O)Cn1ccnc(NCC2CC3(CC3)CO2)c1=O. The molecule has 1 spiro atoms. The molecular weight excluding hydrogens is 262 g/mol. The van der Waals surface area contributed by atoms with Crippen LogP contribution in [0.25, 0.3) is 0 Å². The van der Waals surface area contributed by atoms with Gasteiger partial charge in [-0.2, -0.15) is 0 Å². The number of carboxylic acids is 1. The Hall–Kier alpha value is -1.89. The third-order valence-corrected chi connectivity index (χ3v) is 3.96. The highest BCUT2D eigenvalue weighted by Crippen LogP contribution is 2.53. The number of rotatable bonds is 5. The average molecular weight is 279 g/mol. The number of hydrogen-bond acceptors (Lipinski definition) is 5. The monoisotopic (exact) mass is 279 g/mol. The highest BCUT2D eigenvalue weighted by molar-refractivity contribution is 5.66. The summed E-state index contributed by atoms with van der Waals surface area (Å²) in [5, 5.41) is 11.7. The number of nitrogens with one attached hydrogen (secondary N) is 1. The quantitative estimate of drug-likeness (QED) is 0.805. The minimum Gasteiger partial charge on any atom is -0.480 e. The molecule has 108 valence electrons. The molecule has 0 aromatic carbocycles. The lowest BCUT2D eigenvalue weighted by Crippen LogP contribution is -2.29. The van der Waals surface area contributed by atoms with Crippen molar-refractivity contribution < 1.29 is 14.6 Å². The maximum atomic E-state index is 12.0. The minimum absolute atomic E-state index is 0.104. The maximum Gasteiger partial charge on any atom is 0.323 e. The van der Waals surface area contributed by atoms with Crippen LogP contribution < -0.4 is 10.9 Å². The first-order valence-electron chi connectivity index (χ1n) is 6.71. The van der Waals surface area contributed by atoms with Gasteiger partial charge in [-0.25, -0.2) is 4.98 Å². The van der Waals surface area contributed by atoms with E-state index in [-0.39, 0.29) is 18.5 Å². The molecule has 1 saturated carbocycles. The molecule has 2 aliphatic rings. The van der Waals surface area contributed by atoms with Gasteiger partial charge in [-0.15, -0.1) is 0 Å². The lowest BCUT2D eigenvalue weighted by atomic mass is 10.0. The van der Waals surface area contributed by atoms with Gasteiger partial charge in [-0.3, -0.25) is 14.2 Å². The first-order chi connectivity index (χ1) is 9.58. The van der Waals surface area contributed by atoms with Crippen LogP contribution >= 0.6 is 0 Å². The molecule has 0 radical (unpaired) electrons. The summed E-state index contributed by atoms with van der Waals surface area (Å²) in [5.41, 5.74) is -0.0194. The summed E-state index contributed by atoms with van der Waals surface area (Å²) in [5.74, 6) is -0.881. The third-order valence-electron chi connectivity index (χ3n) is 3.96. The first kappa shape index (κ1) is 13.1. The van der Waals surface area contributed by atoms with Crippen molar-refractivity contribution >= 4 is 11.8 Å². The number of ether oxygens (including phenoxy) is 1. The summed E-state index contributed by atoms with van der Waals surface area (Å²) in [6.45, 7) is 0.977. The van der Waals surface area contributed by atoms with E-state index in [2.05, 4.69) is 10.3 Å². The summed E-state index contributed by atoms with van der Waals surface area (Å²) >= 11 is 0. The standard InChI is InChI=1S/C13H17N3O4/c17-10(18)7-16-4-3-14-11(12(16)19)15-6-9-5-13(1-2-13)8-20-9/h3-4,9H,1-2,5-8H2,(H,14,15)(H,17,18). The van der Waals surface area contributed by atoms with E-state index in [4.69, 9.17) is 9.84 Å². The number of anilines is 1. The molecule has 0 amide bonds. The molecule has 1 aromatic rings. The molecule has 1 aliphatic carbocycles. The van der Waals surface area contributed by atoms with E-state index < -0.39 is 11.5 Å². The van der Waals surface area contributed by atoms with Gasteiger partial charge in [0.15, 0.2) is 5.82 Å². The van der Waals surface area contributed by atoms with Gasteiger partial charge in [0, 0.05) is 18.9 Å². The number of carbonyl (C=O) groups is 1. The largest absolute Gasteiger partial charge is 0.480 e. The van der Waals surface area contributed by atoms with Gasteiger partial charge in [0.25, 0.3) is 5.56 Å². The smallest absolute Gasteiger partial charge is 0.323 e. The molecule has 1 unspecified atom stereocenters. The summed E-state index contributed by atoms with van der Waals surface area (Å²) in [4.78, 5) is 26.6. The maximum absolute atomic E-state index is 12.0. The molecule has 7 heteroatoms. The van der Waals surface area contributed by atoms with Crippen molar-refractivity contribution in [2.24, 2.45) is 5.41 Å². The van der Waals surface area contributed by atoms with Crippen molar-refractivity contribution in [1.29, 1.82) is 0 Å². The summed E-state index contributed by atoms with van der Waals surface area (Å²) in [6.07, 6.45) is 6.39.